The van der Waals surface area contributed by atoms with Crippen molar-refractivity contribution < 1.29 is 4.79 Å². The third kappa shape index (κ3) is 5.12. The average Bonchev–Trinajstić information content (AvgIpc) is 2.46. The fraction of sp³-hybridized carbons (Fsp3) is 0.235. The lowest BCUT2D eigenvalue weighted by Gasteiger charge is -2.09. The number of rotatable bonds is 6. The maximum absolute atomic E-state index is 11.8. The van der Waals surface area contributed by atoms with Crippen LogP contribution in [0.2, 0.25) is 5.02 Å². The monoisotopic (exact) mass is 302 g/mol. The van der Waals surface area contributed by atoms with Gasteiger partial charge in [-0.1, -0.05) is 41.9 Å². The largest absolute Gasteiger partial charge is 0.385 e. The second kappa shape index (κ2) is 7.70. The fourth-order valence-electron chi connectivity index (χ4n) is 2.00. The molecule has 2 aromatic rings. The Labute approximate surface area is 130 Å². The topological polar surface area (TPSA) is 41.1 Å². The molecule has 0 radical (unpaired) electrons. The zero-order chi connectivity index (χ0) is 15.1. The summed E-state index contributed by atoms with van der Waals surface area (Å²) in [5, 5.41) is 6.79. The molecule has 0 aromatic heterocycles. The van der Waals surface area contributed by atoms with Gasteiger partial charge in [0.15, 0.2) is 0 Å². The van der Waals surface area contributed by atoms with Crippen molar-refractivity contribution in [3.05, 3.63) is 64.7 Å². The van der Waals surface area contributed by atoms with Crippen molar-refractivity contribution in [2.45, 2.75) is 19.9 Å². The summed E-state index contributed by atoms with van der Waals surface area (Å²) in [6.45, 7) is 3.11. The molecule has 2 rings (SSSR count). The average molecular weight is 303 g/mol. The highest BCUT2D eigenvalue weighted by Gasteiger charge is 2.03. The Bertz CT molecular complexity index is 613. The maximum atomic E-state index is 11.8. The van der Waals surface area contributed by atoms with Gasteiger partial charge in [0.05, 0.1) is 0 Å². The van der Waals surface area contributed by atoms with E-state index in [1.807, 2.05) is 49.4 Å². The highest BCUT2D eigenvalue weighted by molar-refractivity contribution is 6.31. The van der Waals surface area contributed by atoms with Crippen molar-refractivity contribution in [1.29, 1.82) is 0 Å². The summed E-state index contributed by atoms with van der Waals surface area (Å²) >= 11 is 6.04. The summed E-state index contributed by atoms with van der Waals surface area (Å²) in [5.74, 6) is 0.00933. The van der Waals surface area contributed by atoms with Gasteiger partial charge in [-0.05, 0) is 36.2 Å². The van der Waals surface area contributed by atoms with E-state index in [2.05, 4.69) is 16.7 Å². The fourth-order valence-corrected chi connectivity index (χ4v) is 2.20. The second-order valence-electron chi connectivity index (χ2n) is 4.91. The molecule has 0 bridgehead atoms. The van der Waals surface area contributed by atoms with E-state index in [0.717, 1.165) is 11.3 Å². The minimum Gasteiger partial charge on any atom is -0.385 e. The number of aryl methyl sites for hydroxylation is 1. The van der Waals surface area contributed by atoms with E-state index < -0.39 is 0 Å². The van der Waals surface area contributed by atoms with E-state index in [4.69, 9.17) is 11.6 Å². The first kappa shape index (κ1) is 15.4. The number of nitrogens with one attached hydrogen (secondary N) is 2. The van der Waals surface area contributed by atoms with E-state index in [9.17, 15) is 4.79 Å². The Morgan fingerprint density at radius 2 is 1.95 bits per heavy atom. The van der Waals surface area contributed by atoms with Gasteiger partial charge in [-0.25, -0.2) is 0 Å². The molecule has 21 heavy (non-hydrogen) atoms. The predicted octanol–water partition coefficient (Wildman–Crippen LogP) is 3.77. The highest BCUT2D eigenvalue weighted by atomic mass is 35.5. The summed E-state index contributed by atoms with van der Waals surface area (Å²) in [6, 6.07) is 15.6. The number of hydrogen-bond acceptors (Lipinski definition) is 2. The molecule has 0 aliphatic carbocycles. The Balaban J connectivity index is 1.72. The summed E-state index contributed by atoms with van der Waals surface area (Å²) in [7, 11) is 0. The van der Waals surface area contributed by atoms with E-state index in [1.54, 1.807) is 0 Å². The lowest BCUT2D eigenvalue weighted by molar-refractivity contribution is -0.121. The molecular weight excluding hydrogens is 284 g/mol. The lowest BCUT2D eigenvalue weighted by Crippen LogP contribution is -2.25. The van der Waals surface area contributed by atoms with Crippen LogP contribution in [0.3, 0.4) is 0 Å². The smallest absolute Gasteiger partial charge is 0.222 e. The highest BCUT2D eigenvalue weighted by Crippen LogP contribution is 2.14. The minimum atomic E-state index is 0.00933. The van der Waals surface area contributed by atoms with Gasteiger partial charge in [-0.2, -0.15) is 0 Å². The third-order valence-electron chi connectivity index (χ3n) is 3.13. The molecule has 0 saturated carbocycles. The van der Waals surface area contributed by atoms with Crippen LogP contribution in [0.5, 0.6) is 0 Å². The van der Waals surface area contributed by atoms with Gasteiger partial charge in [0.1, 0.15) is 0 Å². The van der Waals surface area contributed by atoms with Crippen LogP contribution < -0.4 is 10.6 Å². The number of carbonyl (C=O) groups is 1. The van der Waals surface area contributed by atoms with Gasteiger partial charge in [0.2, 0.25) is 5.91 Å². The van der Waals surface area contributed by atoms with Gasteiger partial charge in [-0.3, -0.25) is 4.79 Å². The van der Waals surface area contributed by atoms with Crippen LogP contribution in [-0.4, -0.2) is 12.5 Å². The zero-order valence-corrected chi connectivity index (χ0v) is 12.8. The molecule has 2 N–H and O–H groups in total. The molecule has 0 heterocycles. The third-order valence-corrected chi connectivity index (χ3v) is 3.50. The first-order valence-corrected chi connectivity index (χ1v) is 7.33. The van der Waals surface area contributed by atoms with Crippen molar-refractivity contribution in [3.63, 3.8) is 0 Å². The summed E-state index contributed by atoms with van der Waals surface area (Å²) in [4.78, 5) is 11.8. The minimum absolute atomic E-state index is 0.00933. The number of hydrogen-bond donors (Lipinski definition) is 2. The van der Waals surface area contributed by atoms with Gasteiger partial charge < -0.3 is 10.6 Å². The van der Waals surface area contributed by atoms with Crippen LogP contribution >= 0.6 is 11.6 Å². The SMILES string of the molecule is Cc1cccc(NCCC(=O)NCc2ccccc2Cl)c1. The summed E-state index contributed by atoms with van der Waals surface area (Å²) < 4.78 is 0. The number of carbonyl (C=O) groups excluding carboxylic acids is 1. The van der Waals surface area contributed by atoms with E-state index in [0.29, 0.717) is 24.5 Å². The van der Waals surface area contributed by atoms with Crippen LogP contribution in [0.15, 0.2) is 48.5 Å². The Morgan fingerprint density at radius 3 is 2.71 bits per heavy atom. The normalized spacial score (nSPS) is 10.2. The van der Waals surface area contributed by atoms with Crippen molar-refractivity contribution in [3.8, 4) is 0 Å². The standard InChI is InChI=1S/C17H19ClN2O/c1-13-5-4-7-15(11-13)19-10-9-17(21)20-12-14-6-2-3-8-16(14)18/h2-8,11,19H,9-10,12H2,1H3,(H,20,21). The van der Waals surface area contributed by atoms with Gasteiger partial charge in [-0.15, -0.1) is 0 Å². The van der Waals surface area contributed by atoms with E-state index >= 15 is 0 Å². The molecule has 0 fully saturated rings. The molecule has 4 heteroatoms. The molecule has 0 atom stereocenters. The van der Waals surface area contributed by atoms with Crippen molar-refractivity contribution >= 4 is 23.2 Å². The summed E-state index contributed by atoms with van der Waals surface area (Å²) in [6.07, 6.45) is 0.429. The molecule has 3 nitrogen and oxygen atoms in total. The molecule has 0 unspecified atom stereocenters. The molecule has 0 aliphatic rings. The summed E-state index contributed by atoms with van der Waals surface area (Å²) in [5.41, 5.74) is 3.16. The number of anilines is 1. The first-order valence-electron chi connectivity index (χ1n) is 6.96. The Morgan fingerprint density at radius 1 is 1.14 bits per heavy atom. The Kier molecular flexibility index (Phi) is 5.64. The van der Waals surface area contributed by atoms with Crippen molar-refractivity contribution in [2.75, 3.05) is 11.9 Å². The maximum Gasteiger partial charge on any atom is 0.222 e. The van der Waals surface area contributed by atoms with Gasteiger partial charge in [0, 0.05) is 30.2 Å². The van der Waals surface area contributed by atoms with Crippen LogP contribution in [0.25, 0.3) is 0 Å². The van der Waals surface area contributed by atoms with Crippen LogP contribution in [0, 0.1) is 6.92 Å². The van der Waals surface area contributed by atoms with Gasteiger partial charge >= 0.3 is 0 Å². The van der Waals surface area contributed by atoms with Crippen LogP contribution in [0.1, 0.15) is 17.5 Å². The molecule has 2 aromatic carbocycles. The molecule has 1 amide bonds. The van der Waals surface area contributed by atoms with E-state index in [-0.39, 0.29) is 5.91 Å². The molecule has 0 aliphatic heterocycles. The molecule has 0 spiro atoms. The zero-order valence-electron chi connectivity index (χ0n) is 12.0. The molecule has 0 saturated heterocycles. The number of halogens is 1. The predicted molar refractivity (Wildman–Crippen MR) is 87.6 cm³/mol. The van der Waals surface area contributed by atoms with Crippen molar-refractivity contribution in [2.24, 2.45) is 0 Å². The number of benzene rings is 2. The second-order valence-corrected chi connectivity index (χ2v) is 5.32. The van der Waals surface area contributed by atoms with Crippen molar-refractivity contribution in [1.82, 2.24) is 5.32 Å². The van der Waals surface area contributed by atoms with Crippen LogP contribution in [0.4, 0.5) is 5.69 Å². The molecular formula is C17H19ClN2O. The molecule has 110 valence electrons. The lowest BCUT2D eigenvalue weighted by atomic mass is 10.2. The van der Waals surface area contributed by atoms with Crippen LogP contribution in [-0.2, 0) is 11.3 Å². The number of amides is 1. The quantitative estimate of drug-likeness (QED) is 0.853. The van der Waals surface area contributed by atoms with Gasteiger partial charge in [0.25, 0.3) is 0 Å². The van der Waals surface area contributed by atoms with E-state index in [1.165, 1.54) is 5.56 Å². The Hall–Kier alpha value is -2.00. The first-order chi connectivity index (χ1) is 10.1.